The van der Waals surface area contributed by atoms with E-state index in [1.807, 2.05) is 6.07 Å². The fourth-order valence-electron chi connectivity index (χ4n) is 2.40. The van der Waals surface area contributed by atoms with Crippen LogP contribution < -0.4 is 10.1 Å². The van der Waals surface area contributed by atoms with Crippen LogP contribution in [-0.4, -0.2) is 28.0 Å². The molecule has 0 saturated heterocycles. The van der Waals surface area contributed by atoms with E-state index < -0.39 is 15.1 Å². The van der Waals surface area contributed by atoms with Gasteiger partial charge in [0.2, 0.25) is 5.91 Å². The number of hydrogen-bond acceptors (Lipinski definition) is 4. The fraction of sp³-hybridized carbons (Fsp3) is 0.316. The lowest BCUT2D eigenvalue weighted by Gasteiger charge is -2.20. The Hall–Kier alpha value is -2.34. The minimum Gasteiger partial charge on any atom is -0.497 e. The first-order valence-electron chi connectivity index (χ1n) is 8.07. The molecule has 1 N–H and O–H groups in total. The van der Waals surface area contributed by atoms with Gasteiger partial charge in [-0.1, -0.05) is 44.2 Å². The van der Waals surface area contributed by atoms with Gasteiger partial charge in [-0.15, -0.1) is 0 Å². The summed E-state index contributed by atoms with van der Waals surface area (Å²) in [6, 6.07) is 15.2. The molecule has 5 nitrogen and oxygen atoms in total. The highest BCUT2D eigenvalue weighted by Gasteiger charge is 2.29. The van der Waals surface area contributed by atoms with Crippen molar-refractivity contribution in [3.8, 4) is 5.75 Å². The number of amides is 1. The molecule has 25 heavy (non-hydrogen) atoms. The molecule has 2 aromatic rings. The first-order valence-corrected chi connectivity index (χ1v) is 9.61. The summed E-state index contributed by atoms with van der Waals surface area (Å²) in [5.74, 6) is 0.203. The molecule has 0 spiro atoms. The number of hydrogen-bond donors (Lipinski definition) is 1. The van der Waals surface area contributed by atoms with Gasteiger partial charge in [-0.3, -0.25) is 4.79 Å². The van der Waals surface area contributed by atoms with Crippen LogP contribution in [0.25, 0.3) is 0 Å². The molecule has 1 atom stereocenters. The maximum atomic E-state index is 13.1. The molecular weight excluding hydrogens is 338 g/mol. The van der Waals surface area contributed by atoms with Crippen molar-refractivity contribution in [2.45, 2.75) is 24.0 Å². The summed E-state index contributed by atoms with van der Waals surface area (Å²) in [5, 5.41) is 1.88. The van der Waals surface area contributed by atoms with Crippen LogP contribution in [0.3, 0.4) is 0 Å². The molecule has 1 amide bonds. The van der Waals surface area contributed by atoms with Crippen LogP contribution in [0.15, 0.2) is 59.5 Å². The van der Waals surface area contributed by atoms with Crippen molar-refractivity contribution in [2.75, 3.05) is 13.7 Å². The first kappa shape index (κ1) is 19.0. The lowest BCUT2D eigenvalue weighted by Crippen LogP contribution is -2.34. The summed E-state index contributed by atoms with van der Waals surface area (Å²) >= 11 is 0. The van der Waals surface area contributed by atoms with Gasteiger partial charge < -0.3 is 10.1 Å². The van der Waals surface area contributed by atoms with Gasteiger partial charge in [0.1, 0.15) is 11.0 Å². The number of sulfone groups is 1. The van der Waals surface area contributed by atoms with E-state index >= 15 is 0 Å². The Morgan fingerprint density at radius 3 is 2.16 bits per heavy atom. The normalized spacial score (nSPS) is 12.6. The second-order valence-electron chi connectivity index (χ2n) is 6.02. The van der Waals surface area contributed by atoms with Crippen LogP contribution in [0.2, 0.25) is 0 Å². The first-order chi connectivity index (χ1) is 11.9. The molecule has 0 saturated carbocycles. The number of nitrogens with one attached hydrogen (secondary N) is 1. The minimum absolute atomic E-state index is 0.0232. The summed E-state index contributed by atoms with van der Waals surface area (Å²) in [4.78, 5) is 12.1. The van der Waals surface area contributed by atoms with Crippen LogP contribution in [0.1, 0.15) is 24.7 Å². The molecule has 134 valence electrons. The second-order valence-corrected chi connectivity index (χ2v) is 8.15. The summed E-state index contributed by atoms with van der Waals surface area (Å²) < 4.78 is 31.3. The van der Waals surface area contributed by atoms with Crippen molar-refractivity contribution in [1.29, 1.82) is 0 Å². The average Bonchev–Trinajstić information content (AvgIpc) is 2.62. The van der Waals surface area contributed by atoms with Crippen LogP contribution >= 0.6 is 0 Å². The van der Waals surface area contributed by atoms with Gasteiger partial charge in [0.05, 0.1) is 12.0 Å². The predicted molar refractivity (Wildman–Crippen MR) is 97.2 cm³/mol. The minimum atomic E-state index is -3.67. The maximum Gasteiger partial charge on any atom is 0.222 e. The van der Waals surface area contributed by atoms with E-state index in [0.717, 1.165) is 0 Å². The highest BCUT2D eigenvalue weighted by Crippen LogP contribution is 2.29. The zero-order valence-corrected chi connectivity index (χ0v) is 15.4. The number of carbonyl (C=O) groups excluding carboxylic acids is 1. The Labute approximate surface area is 148 Å². The largest absolute Gasteiger partial charge is 0.497 e. The summed E-state index contributed by atoms with van der Waals surface area (Å²) in [7, 11) is -2.15. The van der Waals surface area contributed by atoms with Crippen molar-refractivity contribution in [1.82, 2.24) is 5.32 Å². The molecule has 2 rings (SSSR count). The topological polar surface area (TPSA) is 72.5 Å². The monoisotopic (exact) mass is 361 g/mol. The van der Waals surface area contributed by atoms with Gasteiger partial charge >= 0.3 is 0 Å². The molecule has 0 fully saturated rings. The molecule has 0 aliphatic rings. The molecule has 0 heterocycles. The lowest BCUT2D eigenvalue weighted by molar-refractivity contribution is -0.123. The number of ether oxygens (including phenoxy) is 1. The van der Waals surface area contributed by atoms with Gasteiger partial charge in [-0.05, 0) is 29.8 Å². The van der Waals surface area contributed by atoms with E-state index in [1.54, 1.807) is 50.2 Å². The molecule has 6 heteroatoms. The molecule has 0 aromatic heterocycles. The molecule has 0 bridgehead atoms. The van der Waals surface area contributed by atoms with Crippen LogP contribution in [0, 0.1) is 5.92 Å². The number of carbonyl (C=O) groups is 1. The van der Waals surface area contributed by atoms with Crippen LogP contribution in [0.5, 0.6) is 5.75 Å². The number of rotatable bonds is 7. The highest BCUT2D eigenvalue weighted by molar-refractivity contribution is 7.91. The van der Waals surface area contributed by atoms with Crippen molar-refractivity contribution in [2.24, 2.45) is 5.92 Å². The predicted octanol–water partition coefficient (Wildman–Crippen LogP) is 2.98. The molecule has 0 radical (unpaired) electrons. The van der Waals surface area contributed by atoms with Crippen LogP contribution in [-0.2, 0) is 14.6 Å². The zero-order valence-electron chi connectivity index (χ0n) is 14.6. The van der Waals surface area contributed by atoms with E-state index in [1.165, 1.54) is 19.2 Å². The fourth-order valence-corrected chi connectivity index (χ4v) is 4.06. The Bertz CT molecular complexity index is 799. The zero-order chi connectivity index (χ0) is 18.4. The quantitative estimate of drug-likeness (QED) is 0.823. The Balaban J connectivity index is 2.37. The third kappa shape index (κ3) is 4.60. The van der Waals surface area contributed by atoms with E-state index in [-0.39, 0.29) is 23.3 Å². The second kappa shape index (κ2) is 8.16. The maximum absolute atomic E-state index is 13.1. The van der Waals surface area contributed by atoms with E-state index in [4.69, 9.17) is 4.74 Å². The van der Waals surface area contributed by atoms with Crippen molar-refractivity contribution in [3.63, 3.8) is 0 Å². The summed E-state index contributed by atoms with van der Waals surface area (Å²) in [6.07, 6.45) is 0. The van der Waals surface area contributed by atoms with E-state index in [0.29, 0.717) is 11.3 Å². The SMILES string of the molecule is COc1ccc(S(=O)(=O)C(CNC(=O)C(C)C)c2ccccc2)cc1. The lowest BCUT2D eigenvalue weighted by atomic mass is 10.1. The van der Waals surface area contributed by atoms with Gasteiger partial charge in [-0.2, -0.15) is 0 Å². The van der Waals surface area contributed by atoms with Crippen molar-refractivity contribution < 1.29 is 17.9 Å². The standard InChI is InChI=1S/C19H23NO4S/c1-14(2)19(21)20-13-18(15-7-5-4-6-8-15)25(22,23)17-11-9-16(24-3)10-12-17/h4-12,14,18H,13H2,1-3H3,(H,20,21). The van der Waals surface area contributed by atoms with Gasteiger partial charge in [0.25, 0.3) is 0 Å². The van der Waals surface area contributed by atoms with E-state index in [2.05, 4.69) is 5.32 Å². The highest BCUT2D eigenvalue weighted by atomic mass is 32.2. The molecule has 2 aromatic carbocycles. The van der Waals surface area contributed by atoms with Crippen molar-refractivity contribution in [3.05, 3.63) is 60.2 Å². The van der Waals surface area contributed by atoms with Crippen LogP contribution in [0.4, 0.5) is 0 Å². The number of benzene rings is 2. The third-order valence-electron chi connectivity index (χ3n) is 3.92. The Morgan fingerprint density at radius 2 is 1.64 bits per heavy atom. The third-order valence-corrected chi connectivity index (χ3v) is 6.04. The summed E-state index contributed by atoms with van der Waals surface area (Å²) in [6.45, 7) is 3.56. The average molecular weight is 361 g/mol. The number of methoxy groups -OCH3 is 1. The van der Waals surface area contributed by atoms with Gasteiger partial charge in [0.15, 0.2) is 9.84 Å². The molecule has 1 unspecified atom stereocenters. The van der Waals surface area contributed by atoms with E-state index in [9.17, 15) is 13.2 Å². The summed E-state index contributed by atoms with van der Waals surface area (Å²) in [5.41, 5.74) is 0.641. The Morgan fingerprint density at radius 1 is 1.04 bits per heavy atom. The van der Waals surface area contributed by atoms with Gasteiger partial charge in [0, 0.05) is 12.5 Å². The molecule has 0 aliphatic heterocycles. The van der Waals surface area contributed by atoms with Crippen molar-refractivity contribution >= 4 is 15.7 Å². The smallest absolute Gasteiger partial charge is 0.222 e. The Kier molecular flexibility index (Phi) is 6.20. The van der Waals surface area contributed by atoms with Gasteiger partial charge in [-0.25, -0.2) is 8.42 Å². The molecular formula is C19H23NO4S. The molecule has 0 aliphatic carbocycles.